The molecule has 0 aliphatic rings. The smallest absolute Gasteiger partial charge is 0.314 e. The predicted molar refractivity (Wildman–Crippen MR) is 103 cm³/mol. The molecule has 0 spiro atoms. The highest BCUT2D eigenvalue weighted by molar-refractivity contribution is 7.15. The van der Waals surface area contributed by atoms with Crippen LogP contribution in [0.15, 0.2) is 41.1 Å². The molecule has 0 aromatic carbocycles. The Bertz CT molecular complexity index is 1320. The van der Waals surface area contributed by atoms with Crippen molar-refractivity contribution >= 4 is 22.4 Å². The molecular weight excluding hydrogens is 416 g/mol. The Morgan fingerprint density at radius 1 is 1.20 bits per heavy atom. The van der Waals surface area contributed by atoms with E-state index in [1.807, 2.05) is 18.2 Å². The number of nitrogens with zero attached hydrogens (tertiary/aromatic N) is 6. The summed E-state index contributed by atoms with van der Waals surface area (Å²) in [6.45, 7) is 0.361. The van der Waals surface area contributed by atoms with Crippen LogP contribution in [-0.4, -0.2) is 40.3 Å². The van der Waals surface area contributed by atoms with Crippen LogP contribution in [0, 0.1) is 0 Å². The Morgan fingerprint density at radius 3 is 2.90 bits per heavy atom. The first-order valence-corrected chi connectivity index (χ1v) is 9.60. The molecule has 0 unspecified atom stereocenters. The number of aliphatic hydroxyl groups excluding tert-OH is 1. The number of hydrogen-bond donors (Lipinski definition) is 2. The molecule has 0 fully saturated rings. The molecule has 0 radical (unpaired) electrons. The van der Waals surface area contributed by atoms with Crippen molar-refractivity contribution in [3.05, 3.63) is 53.1 Å². The molecule has 0 amide bonds. The lowest BCUT2D eigenvalue weighted by Gasteiger charge is -1.97. The average molecular weight is 429 g/mol. The summed E-state index contributed by atoms with van der Waals surface area (Å²) in [7, 11) is 0. The van der Waals surface area contributed by atoms with Crippen LogP contribution in [0.5, 0.6) is 0 Å². The normalized spacial score (nSPS) is 11.7. The standard InChI is InChI=1S/C18H13F2N7O2S/c19-15(20)18-25-24-17(29-18)14-2-1-12(30-14)6-27-7-13(23-26-27)10-3-9-4-11(8-28)22-16(9)21-5-10/h1-5,7,15,28H,6,8H2,(H,21,22). The molecule has 5 aromatic heterocycles. The third-order valence-corrected chi connectivity index (χ3v) is 5.41. The minimum Gasteiger partial charge on any atom is -0.414 e. The third-order valence-electron chi connectivity index (χ3n) is 4.35. The molecule has 2 N–H and O–H groups in total. The highest BCUT2D eigenvalue weighted by Gasteiger charge is 2.18. The van der Waals surface area contributed by atoms with Gasteiger partial charge in [0.2, 0.25) is 0 Å². The number of aromatic nitrogens is 7. The van der Waals surface area contributed by atoms with E-state index in [1.54, 1.807) is 23.1 Å². The largest absolute Gasteiger partial charge is 0.414 e. The SMILES string of the molecule is OCc1cc2cc(-c3cn(Cc4ccc(-c5nnc(C(F)F)o5)s4)nn3)cnc2[nH]1. The molecular formula is C18H13F2N7O2S. The highest BCUT2D eigenvalue weighted by Crippen LogP contribution is 2.30. The summed E-state index contributed by atoms with van der Waals surface area (Å²) in [6.07, 6.45) is 0.687. The summed E-state index contributed by atoms with van der Waals surface area (Å²) in [6, 6.07) is 7.34. The lowest BCUT2D eigenvalue weighted by atomic mass is 10.2. The van der Waals surface area contributed by atoms with Gasteiger partial charge in [-0.05, 0) is 24.3 Å². The summed E-state index contributed by atoms with van der Waals surface area (Å²) >= 11 is 1.35. The van der Waals surface area contributed by atoms with E-state index in [0.717, 1.165) is 15.8 Å². The van der Waals surface area contributed by atoms with Crippen LogP contribution in [0.1, 0.15) is 22.9 Å². The number of hydrogen-bond acceptors (Lipinski definition) is 8. The van der Waals surface area contributed by atoms with Gasteiger partial charge < -0.3 is 14.5 Å². The van der Waals surface area contributed by atoms with E-state index in [4.69, 9.17) is 4.42 Å². The molecule has 152 valence electrons. The van der Waals surface area contributed by atoms with Gasteiger partial charge in [0.25, 0.3) is 11.8 Å². The number of rotatable bonds is 6. The fraction of sp³-hybridized carbons (Fsp3) is 0.167. The number of aliphatic hydroxyl groups is 1. The van der Waals surface area contributed by atoms with Gasteiger partial charge in [-0.3, -0.25) is 0 Å². The molecule has 30 heavy (non-hydrogen) atoms. The lowest BCUT2D eigenvalue weighted by Crippen LogP contribution is -1.97. The zero-order valence-electron chi connectivity index (χ0n) is 15.2. The molecule has 0 atom stereocenters. The monoisotopic (exact) mass is 429 g/mol. The maximum absolute atomic E-state index is 12.6. The number of thiophene rings is 1. The Kier molecular flexibility index (Phi) is 4.56. The van der Waals surface area contributed by atoms with E-state index in [0.29, 0.717) is 28.5 Å². The second-order valence-corrected chi connectivity index (χ2v) is 7.60. The summed E-state index contributed by atoms with van der Waals surface area (Å²) < 4.78 is 31.9. The predicted octanol–water partition coefficient (Wildman–Crippen LogP) is 3.41. The second kappa shape index (κ2) is 7.39. The second-order valence-electron chi connectivity index (χ2n) is 6.43. The minimum absolute atomic E-state index is 0.0638. The Balaban J connectivity index is 1.34. The van der Waals surface area contributed by atoms with Crippen molar-refractivity contribution in [2.24, 2.45) is 0 Å². The molecule has 9 nitrogen and oxygen atoms in total. The summed E-state index contributed by atoms with van der Waals surface area (Å²) in [5.74, 6) is -0.631. The van der Waals surface area contributed by atoms with Crippen LogP contribution in [0.4, 0.5) is 8.78 Å². The first-order valence-electron chi connectivity index (χ1n) is 8.78. The van der Waals surface area contributed by atoms with Gasteiger partial charge in [0.15, 0.2) is 0 Å². The van der Waals surface area contributed by atoms with E-state index < -0.39 is 12.3 Å². The van der Waals surface area contributed by atoms with E-state index in [-0.39, 0.29) is 12.5 Å². The lowest BCUT2D eigenvalue weighted by molar-refractivity contribution is 0.116. The van der Waals surface area contributed by atoms with Gasteiger partial charge in [-0.15, -0.1) is 26.6 Å². The van der Waals surface area contributed by atoms with Crippen LogP contribution in [0.2, 0.25) is 0 Å². The van der Waals surface area contributed by atoms with Crippen LogP contribution in [0.25, 0.3) is 33.1 Å². The first kappa shape index (κ1) is 18.5. The quantitative estimate of drug-likeness (QED) is 0.425. The van der Waals surface area contributed by atoms with E-state index >= 15 is 0 Å². The van der Waals surface area contributed by atoms with Gasteiger partial charge in [-0.1, -0.05) is 5.21 Å². The van der Waals surface area contributed by atoms with Gasteiger partial charge in [-0.2, -0.15) is 8.78 Å². The van der Waals surface area contributed by atoms with Crippen LogP contribution < -0.4 is 0 Å². The number of pyridine rings is 1. The fourth-order valence-electron chi connectivity index (χ4n) is 2.97. The van der Waals surface area contributed by atoms with E-state index in [9.17, 15) is 13.9 Å². The van der Waals surface area contributed by atoms with Gasteiger partial charge in [-0.25, -0.2) is 9.67 Å². The van der Waals surface area contributed by atoms with Crippen molar-refractivity contribution in [1.82, 2.24) is 35.2 Å². The summed E-state index contributed by atoms with van der Waals surface area (Å²) in [5.41, 5.74) is 2.84. The molecule has 0 saturated heterocycles. The van der Waals surface area contributed by atoms with Gasteiger partial charge in [0.05, 0.1) is 24.2 Å². The van der Waals surface area contributed by atoms with Crippen molar-refractivity contribution in [2.75, 3.05) is 0 Å². The molecule has 5 rings (SSSR count). The number of alkyl halides is 2. The Hall–Kier alpha value is -3.51. The number of nitrogens with one attached hydrogen (secondary N) is 1. The third kappa shape index (κ3) is 3.46. The van der Waals surface area contributed by atoms with Gasteiger partial charge in [0.1, 0.15) is 11.3 Å². The zero-order valence-corrected chi connectivity index (χ0v) is 16.0. The van der Waals surface area contributed by atoms with Crippen LogP contribution in [0.3, 0.4) is 0 Å². The molecule has 0 bridgehead atoms. The summed E-state index contributed by atoms with van der Waals surface area (Å²) in [5, 5.41) is 25.5. The molecule has 5 heterocycles. The minimum atomic E-state index is -2.80. The zero-order chi connectivity index (χ0) is 20.7. The van der Waals surface area contributed by atoms with Gasteiger partial charge >= 0.3 is 6.43 Å². The molecule has 0 saturated carbocycles. The van der Waals surface area contributed by atoms with E-state index in [1.165, 1.54) is 11.3 Å². The van der Waals surface area contributed by atoms with Gasteiger partial charge in [0, 0.05) is 27.7 Å². The molecule has 5 aromatic rings. The van der Waals surface area contributed by atoms with Crippen molar-refractivity contribution in [3.8, 4) is 22.0 Å². The fourth-order valence-corrected chi connectivity index (χ4v) is 3.89. The Morgan fingerprint density at radius 2 is 2.10 bits per heavy atom. The first-order chi connectivity index (χ1) is 14.6. The maximum Gasteiger partial charge on any atom is 0.314 e. The van der Waals surface area contributed by atoms with E-state index in [2.05, 4.69) is 30.5 Å². The Labute approximate surface area is 171 Å². The highest BCUT2D eigenvalue weighted by atomic mass is 32.1. The number of aromatic amines is 1. The number of H-pyrrole nitrogens is 1. The van der Waals surface area contributed by atoms with Crippen molar-refractivity contribution in [2.45, 2.75) is 19.6 Å². The number of fused-ring (bicyclic) bond motifs is 1. The van der Waals surface area contributed by atoms with Crippen LogP contribution in [-0.2, 0) is 13.2 Å². The van der Waals surface area contributed by atoms with Crippen molar-refractivity contribution < 1.29 is 18.3 Å². The molecule has 12 heteroatoms. The van der Waals surface area contributed by atoms with Crippen molar-refractivity contribution in [3.63, 3.8) is 0 Å². The maximum atomic E-state index is 12.6. The molecule has 0 aliphatic heterocycles. The van der Waals surface area contributed by atoms with Crippen molar-refractivity contribution in [1.29, 1.82) is 0 Å². The molecule has 0 aliphatic carbocycles. The average Bonchev–Trinajstić information content (AvgIpc) is 3.52. The number of halogens is 2. The topological polar surface area (TPSA) is 119 Å². The van der Waals surface area contributed by atoms with Crippen LogP contribution >= 0.6 is 11.3 Å². The summed E-state index contributed by atoms with van der Waals surface area (Å²) in [4.78, 5) is 8.90.